The molecular formula is C25H29FN6O2S. The molecule has 1 aliphatic rings. The summed E-state index contributed by atoms with van der Waals surface area (Å²) in [7, 11) is 0. The van der Waals surface area contributed by atoms with Gasteiger partial charge in [-0.2, -0.15) is 0 Å². The second-order valence-corrected chi connectivity index (χ2v) is 9.19. The molecule has 0 bridgehead atoms. The highest BCUT2D eigenvalue weighted by atomic mass is 32.2. The largest absolute Gasteiger partial charge is 0.368 e. The van der Waals surface area contributed by atoms with Gasteiger partial charge in [-0.15, -0.1) is 10.2 Å². The van der Waals surface area contributed by atoms with Crippen molar-refractivity contribution >= 4 is 29.3 Å². The summed E-state index contributed by atoms with van der Waals surface area (Å²) < 4.78 is 15.8. The Hall–Kier alpha value is -3.40. The molecule has 1 saturated heterocycles. The minimum atomic E-state index is -0.575. The van der Waals surface area contributed by atoms with Crippen LogP contribution in [-0.2, 0) is 11.3 Å². The van der Waals surface area contributed by atoms with E-state index >= 15 is 0 Å². The second-order valence-electron chi connectivity index (χ2n) is 8.25. The highest BCUT2D eigenvalue weighted by Crippen LogP contribution is 2.22. The molecule has 0 unspecified atom stereocenters. The Morgan fingerprint density at radius 2 is 1.71 bits per heavy atom. The van der Waals surface area contributed by atoms with Gasteiger partial charge in [0.15, 0.2) is 11.0 Å². The summed E-state index contributed by atoms with van der Waals surface area (Å²) in [6, 6.07) is 15.6. The van der Waals surface area contributed by atoms with E-state index < -0.39 is 17.8 Å². The molecule has 2 aromatic carbocycles. The first-order valence-corrected chi connectivity index (χ1v) is 12.7. The third-order valence-electron chi connectivity index (χ3n) is 5.99. The number of piperazine rings is 1. The highest BCUT2D eigenvalue weighted by Gasteiger charge is 2.24. The lowest BCUT2D eigenvalue weighted by Crippen LogP contribution is -2.49. The van der Waals surface area contributed by atoms with Crippen LogP contribution in [0.15, 0.2) is 59.8 Å². The number of amides is 2. The van der Waals surface area contributed by atoms with E-state index in [1.807, 2.05) is 34.6 Å². The molecule has 3 aromatic rings. The van der Waals surface area contributed by atoms with Crippen LogP contribution < -0.4 is 10.2 Å². The van der Waals surface area contributed by atoms with Gasteiger partial charge in [0, 0.05) is 38.4 Å². The van der Waals surface area contributed by atoms with E-state index in [2.05, 4.69) is 32.5 Å². The highest BCUT2D eigenvalue weighted by molar-refractivity contribution is 7.99. The van der Waals surface area contributed by atoms with Crippen molar-refractivity contribution in [3.05, 3.63) is 71.8 Å². The number of rotatable bonds is 8. The SMILES string of the molecule is CCn1c(SCC(=O)N2CCN(c3ccccc3)CC2)nnc1[C@@H](C)NC(=O)c1ccccc1F. The lowest BCUT2D eigenvalue weighted by Gasteiger charge is -2.36. The number of para-hydroxylation sites is 1. The smallest absolute Gasteiger partial charge is 0.254 e. The molecule has 0 radical (unpaired) electrons. The number of benzene rings is 2. The molecule has 8 nitrogen and oxygen atoms in total. The molecule has 1 aromatic heterocycles. The van der Waals surface area contributed by atoms with E-state index in [1.165, 1.54) is 35.6 Å². The number of aromatic nitrogens is 3. The van der Waals surface area contributed by atoms with Gasteiger partial charge in [0.05, 0.1) is 17.4 Å². The molecule has 184 valence electrons. The summed E-state index contributed by atoms with van der Waals surface area (Å²) in [5.74, 6) is -0.201. The predicted molar refractivity (Wildman–Crippen MR) is 134 cm³/mol. The van der Waals surface area contributed by atoms with Crippen LogP contribution in [0.1, 0.15) is 36.1 Å². The summed E-state index contributed by atoms with van der Waals surface area (Å²) in [5.41, 5.74) is 1.16. The Bertz CT molecular complexity index is 1160. The number of hydrogen-bond donors (Lipinski definition) is 1. The van der Waals surface area contributed by atoms with Gasteiger partial charge < -0.3 is 19.7 Å². The van der Waals surface area contributed by atoms with Crippen molar-refractivity contribution in [3.8, 4) is 0 Å². The van der Waals surface area contributed by atoms with E-state index in [1.54, 1.807) is 13.0 Å². The lowest BCUT2D eigenvalue weighted by atomic mass is 10.2. The molecule has 35 heavy (non-hydrogen) atoms. The fraction of sp³-hybridized carbons (Fsp3) is 0.360. The van der Waals surface area contributed by atoms with Gasteiger partial charge in [0.25, 0.3) is 5.91 Å². The summed E-state index contributed by atoms with van der Waals surface area (Å²) in [5, 5.41) is 11.9. The van der Waals surface area contributed by atoms with Gasteiger partial charge in [-0.1, -0.05) is 42.1 Å². The maximum atomic E-state index is 13.9. The number of thioether (sulfide) groups is 1. The number of halogens is 1. The molecule has 0 aliphatic carbocycles. The number of nitrogens with zero attached hydrogens (tertiary/aromatic N) is 5. The summed E-state index contributed by atoms with van der Waals surface area (Å²) in [6.07, 6.45) is 0. The van der Waals surface area contributed by atoms with Crippen LogP contribution in [0.4, 0.5) is 10.1 Å². The maximum Gasteiger partial charge on any atom is 0.254 e. The molecule has 2 heterocycles. The van der Waals surface area contributed by atoms with E-state index in [0.29, 0.717) is 30.6 Å². The van der Waals surface area contributed by atoms with Gasteiger partial charge in [0.1, 0.15) is 5.82 Å². The standard InChI is InChI=1S/C25H29FN6O2S/c1-3-32-23(18(2)27-24(34)20-11-7-8-12-21(20)26)28-29-25(32)35-17-22(33)31-15-13-30(14-16-31)19-9-5-4-6-10-19/h4-12,18H,3,13-17H2,1-2H3,(H,27,34)/t18-/m1/s1. The van der Waals surface area contributed by atoms with Gasteiger partial charge >= 0.3 is 0 Å². The molecule has 10 heteroatoms. The molecule has 0 saturated carbocycles. The topological polar surface area (TPSA) is 83.4 Å². The lowest BCUT2D eigenvalue weighted by molar-refractivity contribution is -0.128. The number of anilines is 1. The average molecular weight is 497 g/mol. The van der Waals surface area contributed by atoms with Crippen LogP contribution in [0, 0.1) is 5.82 Å². The fourth-order valence-corrected chi connectivity index (χ4v) is 4.99. The Morgan fingerprint density at radius 3 is 2.40 bits per heavy atom. The molecule has 4 rings (SSSR count). The van der Waals surface area contributed by atoms with E-state index in [-0.39, 0.29) is 17.2 Å². The third-order valence-corrected chi connectivity index (χ3v) is 6.95. The van der Waals surface area contributed by atoms with Crippen molar-refractivity contribution in [2.75, 3.05) is 36.8 Å². The minimum Gasteiger partial charge on any atom is -0.368 e. The Morgan fingerprint density at radius 1 is 1.03 bits per heavy atom. The van der Waals surface area contributed by atoms with Crippen molar-refractivity contribution < 1.29 is 14.0 Å². The van der Waals surface area contributed by atoms with Crippen LogP contribution in [0.3, 0.4) is 0 Å². The van der Waals surface area contributed by atoms with Gasteiger partial charge in [-0.05, 0) is 38.1 Å². The van der Waals surface area contributed by atoms with E-state index in [0.717, 1.165) is 13.1 Å². The monoisotopic (exact) mass is 496 g/mol. The van der Waals surface area contributed by atoms with Crippen molar-refractivity contribution in [3.63, 3.8) is 0 Å². The number of nitrogens with one attached hydrogen (secondary N) is 1. The van der Waals surface area contributed by atoms with E-state index in [4.69, 9.17) is 0 Å². The van der Waals surface area contributed by atoms with Gasteiger partial charge in [-0.25, -0.2) is 4.39 Å². The molecule has 2 amide bonds. The first-order valence-electron chi connectivity index (χ1n) is 11.7. The van der Waals surface area contributed by atoms with Crippen LogP contribution in [-0.4, -0.2) is 63.4 Å². The third kappa shape index (κ3) is 5.82. The van der Waals surface area contributed by atoms with Crippen molar-refractivity contribution in [2.24, 2.45) is 0 Å². The number of carbonyl (C=O) groups excluding carboxylic acids is 2. The van der Waals surface area contributed by atoms with Crippen LogP contribution in [0.25, 0.3) is 0 Å². The zero-order chi connectivity index (χ0) is 24.8. The predicted octanol–water partition coefficient (Wildman–Crippen LogP) is 3.37. The molecular weight excluding hydrogens is 467 g/mol. The Kier molecular flexibility index (Phi) is 8.02. The van der Waals surface area contributed by atoms with Crippen LogP contribution in [0.2, 0.25) is 0 Å². The quantitative estimate of drug-likeness (QED) is 0.482. The number of carbonyl (C=O) groups is 2. The molecule has 1 N–H and O–H groups in total. The molecule has 1 aliphatic heterocycles. The zero-order valence-electron chi connectivity index (χ0n) is 19.9. The minimum absolute atomic E-state index is 0.0190. The molecule has 0 spiro atoms. The van der Waals surface area contributed by atoms with Gasteiger partial charge in [0.2, 0.25) is 5.91 Å². The normalized spacial score (nSPS) is 14.6. The summed E-state index contributed by atoms with van der Waals surface area (Å²) in [6.45, 7) is 7.27. The molecule has 1 atom stereocenters. The van der Waals surface area contributed by atoms with Crippen molar-refractivity contribution in [1.29, 1.82) is 0 Å². The zero-order valence-corrected chi connectivity index (χ0v) is 20.7. The van der Waals surface area contributed by atoms with Crippen molar-refractivity contribution in [1.82, 2.24) is 25.0 Å². The first-order chi connectivity index (χ1) is 17.0. The summed E-state index contributed by atoms with van der Waals surface area (Å²) >= 11 is 1.34. The number of hydrogen-bond acceptors (Lipinski definition) is 6. The van der Waals surface area contributed by atoms with Crippen LogP contribution >= 0.6 is 11.8 Å². The fourth-order valence-electron chi connectivity index (χ4n) is 4.08. The van der Waals surface area contributed by atoms with E-state index in [9.17, 15) is 14.0 Å². The van der Waals surface area contributed by atoms with Gasteiger partial charge in [-0.3, -0.25) is 9.59 Å². The second kappa shape index (κ2) is 11.4. The Balaban J connectivity index is 1.32. The van der Waals surface area contributed by atoms with Crippen molar-refractivity contribution in [2.45, 2.75) is 31.6 Å². The maximum absolute atomic E-state index is 13.9. The average Bonchev–Trinajstić information content (AvgIpc) is 3.31. The first kappa shape index (κ1) is 24.7. The molecule has 1 fully saturated rings. The van der Waals surface area contributed by atoms with Crippen LogP contribution in [0.5, 0.6) is 0 Å². The summed E-state index contributed by atoms with van der Waals surface area (Å²) in [4.78, 5) is 29.5. The Labute approximate surface area is 208 Å².